The zero-order valence-corrected chi connectivity index (χ0v) is 14.2. The third kappa shape index (κ3) is 6.22. The van der Waals surface area contributed by atoms with E-state index in [2.05, 4.69) is 5.32 Å². The van der Waals surface area contributed by atoms with Crippen molar-refractivity contribution < 1.29 is 9.53 Å². The molecule has 0 bridgehead atoms. The molecule has 0 radical (unpaired) electrons. The Balaban J connectivity index is 0.00000242. The molecule has 1 saturated heterocycles. The fourth-order valence-corrected chi connectivity index (χ4v) is 2.35. The van der Waals surface area contributed by atoms with Crippen molar-refractivity contribution in [2.45, 2.75) is 6.92 Å². The van der Waals surface area contributed by atoms with Gasteiger partial charge in [0.1, 0.15) is 12.4 Å². The highest BCUT2D eigenvalue weighted by atomic mass is 35.5. The van der Waals surface area contributed by atoms with E-state index < -0.39 is 0 Å². The number of carbonyl (C=O) groups is 1. The molecule has 0 unspecified atom stereocenters. The van der Waals surface area contributed by atoms with Gasteiger partial charge in [-0.15, -0.1) is 12.4 Å². The molecule has 0 aliphatic carbocycles. The number of piperazine rings is 1. The van der Waals surface area contributed by atoms with Gasteiger partial charge >= 0.3 is 0 Å². The van der Waals surface area contributed by atoms with Crippen LogP contribution in [-0.4, -0.2) is 68.6 Å². The number of benzene rings is 1. The number of hydrogen-bond acceptors (Lipinski definition) is 4. The van der Waals surface area contributed by atoms with E-state index in [1.807, 2.05) is 48.0 Å². The minimum Gasteiger partial charge on any atom is -0.492 e. The summed E-state index contributed by atoms with van der Waals surface area (Å²) in [6.45, 7) is 7.25. The molecule has 6 heteroatoms. The largest absolute Gasteiger partial charge is 0.492 e. The summed E-state index contributed by atoms with van der Waals surface area (Å²) in [7, 11) is 1.96. The molecular formula is C16H26ClN3O2. The summed E-state index contributed by atoms with van der Waals surface area (Å²) in [5.41, 5.74) is 1.19. The number of likely N-dealkylation sites (N-methyl/N-ethyl adjacent to an activating group) is 1. The summed E-state index contributed by atoms with van der Waals surface area (Å²) in [4.78, 5) is 16.0. The third-order valence-corrected chi connectivity index (χ3v) is 3.61. The highest BCUT2D eigenvalue weighted by Crippen LogP contribution is 2.12. The minimum atomic E-state index is 0. The number of nitrogens with one attached hydrogen (secondary N) is 1. The zero-order valence-electron chi connectivity index (χ0n) is 13.4. The summed E-state index contributed by atoms with van der Waals surface area (Å²) in [5.74, 6) is 1.09. The van der Waals surface area contributed by atoms with Gasteiger partial charge in [0, 0.05) is 32.7 Å². The summed E-state index contributed by atoms with van der Waals surface area (Å²) in [6.07, 6.45) is 0. The first-order valence-corrected chi connectivity index (χ1v) is 7.51. The van der Waals surface area contributed by atoms with E-state index in [0.29, 0.717) is 13.2 Å². The molecule has 1 aromatic rings. The molecule has 0 atom stereocenters. The van der Waals surface area contributed by atoms with Gasteiger partial charge in [0.15, 0.2) is 0 Å². The van der Waals surface area contributed by atoms with Gasteiger partial charge in [0.05, 0.1) is 6.54 Å². The molecule has 1 heterocycles. The monoisotopic (exact) mass is 327 g/mol. The van der Waals surface area contributed by atoms with Crippen molar-refractivity contribution in [3.63, 3.8) is 0 Å². The average molecular weight is 328 g/mol. The molecule has 0 spiro atoms. The fourth-order valence-electron chi connectivity index (χ4n) is 2.35. The van der Waals surface area contributed by atoms with Crippen molar-refractivity contribution in [3.05, 3.63) is 29.8 Å². The highest BCUT2D eigenvalue weighted by molar-refractivity contribution is 5.85. The van der Waals surface area contributed by atoms with E-state index in [1.165, 1.54) is 5.56 Å². The Morgan fingerprint density at radius 2 is 2.09 bits per heavy atom. The molecular weight excluding hydrogens is 302 g/mol. The lowest BCUT2D eigenvalue weighted by molar-refractivity contribution is -0.132. The van der Waals surface area contributed by atoms with Crippen LogP contribution in [0.4, 0.5) is 0 Å². The van der Waals surface area contributed by atoms with E-state index in [4.69, 9.17) is 4.74 Å². The maximum absolute atomic E-state index is 12.1. The number of hydrogen-bond donors (Lipinski definition) is 1. The Labute approximate surface area is 139 Å². The van der Waals surface area contributed by atoms with E-state index in [-0.39, 0.29) is 18.3 Å². The summed E-state index contributed by atoms with van der Waals surface area (Å²) in [6, 6.07) is 8.01. The van der Waals surface area contributed by atoms with E-state index in [0.717, 1.165) is 38.5 Å². The van der Waals surface area contributed by atoms with Crippen LogP contribution in [0.25, 0.3) is 0 Å². The van der Waals surface area contributed by atoms with Crippen LogP contribution >= 0.6 is 12.4 Å². The summed E-state index contributed by atoms with van der Waals surface area (Å²) < 4.78 is 5.71. The topological polar surface area (TPSA) is 44.8 Å². The zero-order chi connectivity index (χ0) is 15.1. The van der Waals surface area contributed by atoms with Gasteiger partial charge in [-0.05, 0) is 31.7 Å². The maximum atomic E-state index is 12.1. The Bertz CT molecular complexity index is 464. The van der Waals surface area contributed by atoms with Crippen molar-refractivity contribution in [2.75, 3.05) is 52.9 Å². The normalized spacial score (nSPS) is 14.6. The second-order valence-electron chi connectivity index (χ2n) is 5.53. The second-order valence-corrected chi connectivity index (χ2v) is 5.53. The number of nitrogens with zero attached hydrogens (tertiary/aromatic N) is 2. The number of amides is 1. The van der Waals surface area contributed by atoms with Gasteiger partial charge in [0.25, 0.3) is 0 Å². The van der Waals surface area contributed by atoms with Crippen LogP contribution in [0, 0.1) is 6.92 Å². The first-order chi connectivity index (χ1) is 10.1. The minimum absolute atomic E-state index is 0. The van der Waals surface area contributed by atoms with E-state index in [9.17, 15) is 4.79 Å². The van der Waals surface area contributed by atoms with Gasteiger partial charge in [-0.1, -0.05) is 12.1 Å². The van der Waals surface area contributed by atoms with Crippen molar-refractivity contribution in [2.24, 2.45) is 0 Å². The van der Waals surface area contributed by atoms with E-state index in [1.54, 1.807) is 0 Å². The molecule has 1 amide bonds. The van der Waals surface area contributed by atoms with Crippen molar-refractivity contribution in [1.29, 1.82) is 0 Å². The Morgan fingerprint density at radius 3 is 2.77 bits per heavy atom. The molecule has 1 aliphatic heterocycles. The maximum Gasteiger partial charge on any atom is 0.236 e. The lowest BCUT2D eigenvalue weighted by atomic mass is 10.2. The molecule has 1 N–H and O–H groups in total. The van der Waals surface area contributed by atoms with Crippen LogP contribution in [0.15, 0.2) is 24.3 Å². The van der Waals surface area contributed by atoms with Crippen LogP contribution in [0.1, 0.15) is 5.56 Å². The van der Waals surface area contributed by atoms with Crippen LogP contribution in [-0.2, 0) is 4.79 Å². The van der Waals surface area contributed by atoms with Crippen LogP contribution in [0.3, 0.4) is 0 Å². The Hall–Kier alpha value is -1.30. The summed E-state index contributed by atoms with van der Waals surface area (Å²) in [5, 5.41) is 3.25. The first-order valence-electron chi connectivity index (χ1n) is 7.51. The first kappa shape index (κ1) is 18.7. The Kier molecular flexibility index (Phi) is 8.24. The molecule has 2 rings (SSSR count). The van der Waals surface area contributed by atoms with E-state index >= 15 is 0 Å². The number of carbonyl (C=O) groups excluding carboxylic acids is 1. The van der Waals surface area contributed by atoms with Gasteiger partial charge in [-0.2, -0.15) is 0 Å². The number of ether oxygens (including phenoxy) is 1. The predicted molar refractivity (Wildman–Crippen MR) is 90.9 cm³/mol. The molecule has 5 nitrogen and oxygen atoms in total. The number of halogens is 1. The molecule has 0 saturated carbocycles. The van der Waals surface area contributed by atoms with Crippen molar-refractivity contribution in [3.8, 4) is 5.75 Å². The van der Waals surface area contributed by atoms with Crippen molar-refractivity contribution in [1.82, 2.24) is 15.1 Å². The lowest BCUT2D eigenvalue weighted by Gasteiger charge is -2.29. The highest BCUT2D eigenvalue weighted by Gasteiger charge is 2.17. The molecule has 1 fully saturated rings. The fraction of sp³-hybridized carbons (Fsp3) is 0.562. The number of aryl methyl sites for hydroxylation is 1. The molecule has 0 aromatic heterocycles. The quantitative estimate of drug-likeness (QED) is 0.851. The van der Waals surface area contributed by atoms with Crippen LogP contribution in [0.2, 0.25) is 0 Å². The SMILES string of the molecule is Cc1cccc(OCCN(C)CC(=O)N2CCNCC2)c1.Cl. The second kappa shape index (κ2) is 9.66. The van der Waals surface area contributed by atoms with Crippen LogP contribution < -0.4 is 10.1 Å². The van der Waals surface area contributed by atoms with Gasteiger partial charge < -0.3 is 15.0 Å². The smallest absolute Gasteiger partial charge is 0.236 e. The predicted octanol–water partition coefficient (Wildman–Crippen LogP) is 1.16. The summed E-state index contributed by atoms with van der Waals surface area (Å²) >= 11 is 0. The lowest BCUT2D eigenvalue weighted by Crippen LogP contribution is -2.49. The number of rotatable bonds is 6. The molecule has 124 valence electrons. The van der Waals surface area contributed by atoms with Crippen LogP contribution in [0.5, 0.6) is 5.75 Å². The van der Waals surface area contributed by atoms with Gasteiger partial charge in [-0.25, -0.2) is 0 Å². The molecule has 1 aromatic carbocycles. The molecule has 1 aliphatic rings. The standard InChI is InChI=1S/C16H25N3O2.ClH/c1-14-4-3-5-15(12-14)21-11-10-18(2)13-16(20)19-8-6-17-7-9-19;/h3-5,12,17H,6-11,13H2,1-2H3;1H. The average Bonchev–Trinajstić information content (AvgIpc) is 2.48. The van der Waals surface area contributed by atoms with Gasteiger partial charge in [-0.3, -0.25) is 9.69 Å². The van der Waals surface area contributed by atoms with Crippen molar-refractivity contribution >= 4 is 18.3 Å². The third-order valence-electron chi connectivity index (χ3n) is 3.61. The van der Waals surface area contributed by atoms with Gasteiger partial charge in [0.2, 0.25) is 5.91 Å². The molecule has 22 heavy (non-hydrogen) atoms. The Morgan fingerprint density at radius 1 is 1.36 bits per heavy atom.